The lowest BCUT2D eigenvalue weighted by atomic mass is 9.99. The molecule has 9 heteroatoms. The molecule has 41 heavy (non-hydrogen) atoms. The van der Waals surface area contributed by atoms with E-state index < -0.39 is 5.91 Å². The standard InChI is InChI=1S/C32H36N4O5/c1-21-15-29-30(16-22(21)2)41-20-31(38)36(29)18-27(37)17-34-28(19-35-11-13-40-14-12-35)25-7-3-23(4-8-25)24-5-9-26(10-6-24)32(33)39/h3-10,15-16,28,34H,11-14,17-20H2,1-2H3,(H2,33,39). The molecule has 3 aromatic carbocycles. The van der Waals surface area contributed by atoms with Crippen molar-refractivity contribution in [1.82, 2.24) is 10.2 Å². The van der Waals surface area contributed by atoms with Crippen molar-refractivity contribution >= 4 is 23.3 Å². The van der Waals surface area contributed by atoms with Crippen LogP contribution in [-0.4, -0.2) is 75.0 Å². The Labute approximate surface area is 240 Å². The topological polar surface area (TPSA) is 114 Å². The van der Waals surface area contributed by atoms with Gasteiger partial charge in [0.15, 0.2) is 12.4 Å². The summed E-state index contributed by atoms with van der Waals surface area (Å²) < 4.78 is 11.1. The van der Waals surface area contributed by atoms with Crippen molar-refractivity contribution in [1.29, 1.82) is 0 Å². The molecule has 2 aliphatic heterocycles. The number of aryl methyl sites for hydroxylation is 2. The highest BCUT2D eigenvalue weighted by Crippen LogP contribution is 2.34. The number of nitrogens with one attached hydrogen (secondary N) is 1. The number of hydrogen-bond acceptors (Lipinski definition) is 7. The van der Waals surface area contributed by atoms with Gasteiger partial charge in [-0.25, -0.2) is 0 Å². The summed E-state index contributed by atoms with van der Waals surface area (Å²) in [6, 6.07) is 19.1. The van der Waals surface area contributed by atoms with Gasteiger partial charge in [0, 0.05) is 31.2 Å². The van der Waals surface area contributed by atoms with Gasteiger partial charge in [-0.05, 0) is 65.9 Å². The number of anilines is 1. The van der Waals surface area contributed by atoms with Crippen LogP contribution in [0.5, 0.6) is 5.75 Å². The lowest BCUT2D eigenvalue weighted by Gasteiger charge is -2.32. The fourth-order valence-corrected chi connectivity index (χ4v) is 5.16. The lowest BCUT2D eigenvalue weighted by molar-refractivity contribution is -0.124. The van der Waals surface area contributed by atoms with E-state index in [9.17, 15) is 14.4 Å². The second-order valence-electron chi connectivity index (χ2n) is 10.6. The Bertz CT molecular complexity index is 1420. The number of ketones is 1. The molecule has 0 aromatic heterocycles. The normalized spacial score (nSPS) is 16.1. The predicted molar refractivity (Wildman–Crippen MR) is 157 cm³/mol. The molecule has 2 aliphatic rings. The van der Waals surface area contributed by atoms with Crippen molar-refractivity contribution in [2.75, 3.05) is 57.4 Å². The average molecular weight is 557 g/mol. The molecule has 214 valence electrons. The van der Waals surface area contributed by atoms with Crippen LogP contribution in [0.2, 0.25) is 0 Å². The van der Waals surface area contributed by atoms with E-state index >= 15 is 0 Å². The van der Waals surface area contributed by atoms with Crippen molar-refractivity contribution in [3.05, 3.63) is 82.9 Å². The molecule has 1 atom stereocenters. The number of primary amides is 1. The summed E-state index contributed by atoms with van der Waals surface area (Å²) in [7, 11) is 0. The van der Waals surface area contributed by atoms with Crippen LogP contribution in [0.15, 0.2) is 60.7 Å². The number of morpholine rings is 1. The quantitative estimate of drug-likeness (QED) is 0.395. The van der Waals surface area contributed by atoms with E-state index in [0.29, 0.717) is 30.2 Å². The zero-order chi connectivity index (χ0) is 28.9. The summed E-state index contributed by atoms with van der Waals surface area (Å²) >= 11 is 0. The summed E-state index contributed by atoms with van der Waals surface area (Å²) in [6.45, 7) is 7.75. The first kappa shape index (κ1) is 28.5. The van der Waals surface area contributed by atoms with Crippen LogP contribution in [0.3, 0.4) is 0 Å². The number of carbonyl (C=O) groups is 3. The number of amides is 2. The number of benzene rings is 3. The zero-order valence-electron chi connectivity index (χ0n) is 23.5. The molecule has 9 nitrogen and oxygen atoms in total. The first-order valence-electron chi connectivity index (χ1n) is 13.9. The van der Waals surface area contributed by atoms with Crippen LogP contribution in [0.25, 0.3) is 11.1 Å². The zero-order valence-corrected chi connectivity index (χ0v) is 23.5. The third-order valence-corrected chi connectivity index (χ3v) is 7.76. The summed E-state index contributed by atoms with van der Waals surface area (Å²) in [5.74, 6) is -0.130. The highest BCUT2D eigenvalue weighted by Gasteiger charge is 2.28. The third kappa shape index (κ3) is 6.82. The number of hydrogen-bond donors (Lipinski definition) is 2. The van der Waals surface area contributed by atoms with Crippen molar-refractivity contribution in [3.8, 4) is 16.9 Å². The Morgan fingerprint density at radius 3 is 2.24 bits per heavy atom. The number of ether oxygens (including phenoxy) is 2. The molecule has 5 rings (SSSR count). The molecular formula is C32H36N4O5. The minimum atomic E-state index is -0.453. The molecule has 1 saturated heterocycles. The molecule has 2 amide bonds. The van der Waals surface area contributed by atoms with E-state index in [0.717, 1.165) is 47.5 Å². The van der Waals surface area contributed by atoms with Crippen molar-refractivity contribution in [2.24, 2.45) is 5.73 Å². The van der Waals surface area contributed by atoms with E-state index in [4.69, 9.17) is 15.2 Å². The van der Waals surface area contributed by atoms with E-state index in [-0.39, 0.29) is 37.4 Å². The Morgan fingerprint density at radius 2 is 1.59 bits per heavy atom. The maximum absolute atomic E-state index is 13.2. The second kappa shape index (κ2) is 12.6. The molecular weight excluding hydrogens is 520 g/mol. The largest absolute Gasteiger partial charge is 0.482 e. The average Bonchev–Trinajstić information content (AvgIpc) is 2.98. The van der Waals surface area contributed by atoms with Crippen LogP contribution >= 0.6 is 0 Å². The Morgan fingerprint density at radius 1 is 0.951 bits per heavy atom. The van der Waals surface area contributed by atoms with Crippen LogP contribution in [0, 0.1) is 13.8 Å². The van der Waals surface area contributed by atoms with Crippen LogP contribution < -0.4 is 20.7 Å². The molecule has 0 radical (unpaired) electrons. The van der Waals surface area contributed by atoms with E-state index in [1.165, 1.54) is 4.90 Å². The molecule has 1 fully saturated rings. The van der Waals surface area contributed by atoms with E-state index in [2.05, 4.69) is 22.3 Å². The Kier molecular flexibility index (Phi) is 8.78. The van der Waals surface area contributed by atoms with E-state index in [1.807, 2.05) is 50.2 Å². The summed E-state index contributed by atoms with van der Waals surface area (Å²) in [5, 5.41) is 3.46. The first-order chi connectivity index (χ1) is 19.8. The number of Topliss-reactive ketones (excluding diaryl/α,β-unsaturated/α-hetero) is 1. The maximum Gasteiger partial charge on any atom is 0.265 e. The van der Waals surface area contributed by atoms with E-state index in [1.54, 1.807) is 12.1 Å². The van der Waals surface area contributed by atoms with Gasteiger partial charge in [0.2, 0.25) is 5.91 Å². The predicted octanol–water partition coefficient (Wildman–Crippen LogP) is 3.03. The Hall–Kier alpha value is -4.05. The molecule has 2 heterocycles. The second-order valence-corrected chi connectivity index (χ2v) is 10.6. The van der Waals surface area contributed by atoms with Crippen LogP contribution in [0.4, 0.5) is 5.69 Å². The lowest BCUT2D eigenvalue weighted by Crippen LogP contribution is -2.46. The van der Waals surface area contributed by atoms with Crippen LogP contribution in [0.1, 0.15) is 33.1 Å². The minimum absolute atomic E-state index is 0.0186. The van der Waals surface area contributed by atoms with Crippen molar-refractivity contribution in [2.45, 2.75) is 19.9 Å². The molecule has 0 saturated carbocycles. The molecule has 3 N–H and O–H groups in total. The SMILES string of the molecule is Cc1cc2c(cc1C)N(CC(=O)CNC(CN1CCOCC1)c1ccc(-c3ccc(C(N)=O)cc3)cc1)C(=O)CO2. The van der Waals surface area contributed by atoms with Gasteiger partial charge < -0.3 is 20.5 Å². The molecule has 1 unspecified atom stereocenters. The van der Waals surface area contributed by atoms with Gasteiger partial charge in [-0.3, -0.25) is 24.2 Å². The Balaban J connectivity index is 1.29. The summed E-state index contributed by atoms with van der Waals surface area (Å²) in [6.07, 6.45) is 0. The van der Waals surface area contributed by atoms with Crippen molar-refractivity contribution < 1.29 is 23.9 Å². The number of fused-ring (bicyclic) bond motifs is 1. The van der Waals surface area contributed by atoms with Crippen molar-refractivity contribution in [3.63, 3.8) is 0 Å². The fraction of sp³-hybridized carbons (Fsp3) is 0.344. The number of nitrogens with zero attached hydrogens (tertiary/aromatic N) is 2. The van der Waals surface area contributed by atoms with Gasteiger partial charge in [-0.1, -0.05) is 36.4 Å². The van der Waals surface area contributed by atoms with Gasteiger partial charge in [-0.15, -0.1) is 0 Å². The van der Waals surface area contributed by atoms with Crippen LogP contribution in [-0.2, 0) is 14.3 Å². The smallest absolute Gasteiger partial charge is 0.265 e. The van der Waals surface area contributed by atoms with Gasteiger partial charge in [0.05, 0.1) is 32.0 Å². The fourth-order valence-electron chi connectivity index (χ4n) is 5.16. The highest BCUT2D eigenvalue weighted by molar-refractivity contribution is 6.03. The summed E-state index contributed by atoms with van der Waals surface area (Å²) in [4.78, 5) is 41.2. The van der Waals surface area contributed by atoms with Gasteiger partial charge >= 0.3 is 0 Å². The summed E-state index contributed by atoms with van der Waals surface area (Å²) in [5.41, 5.74) is 11.6. The first-order valence-corrected chi connectivity index (χ1v) is 13.9. The molecule has 0 spiro atoms. The van der Waals surface area contributed by atoms with Gasteiger partial charge in [0.1, 0.15) is 5.75 Å². The monoisotopic (exact) mass is 556 g/mol. The number of nitrogens with two attached hydrogens (primary N) is 1. The minimum Gasteiger partial charge on any atom is -0.482 e. The third-order valence-electron chi connectivity index (χ3n) is 7.76. The highest BCUT2D eigenvalue weighted by atomic mass is 16.5. The molecule has 0 bridgehead atoms. The number of rotatable bonds is 10. The maximum atomic E-state index is 13.2. The number of carbonyl (C=O) groups excluding carboxylic acids is 3. The molecule has 0 aliphatic carbocycles. The van der Waals surface area contributed by atoms with Gasteiger partial charge in [-0.2, -0.15) is 0 Å². The molecule has 3 aromatic rings. The van der Waals surface area contributed by atoms with Gasteiger partial charge in [0.25, 0.3) is 5.91 Å².